The molecule has 0 bridgehead atoms. The zero-order valence-corrected chi connectivity index (χ0v) is 12.9. The summed E-state index contributed by atoms with van der Waals surface area (Å²) in [7, 11) is 0. The van der Waals surface area contributed by atoms with Crippen LogP contribution in [0.15, 0.2) is 47.6 Å². The Labute approximate surface area is 138 Å². The van der Waals surface area contributed by atoms with Crippen LogP contribution in [-0.2, 0) is 4.79 Å². The molecular weight excluding hydrogens is 313 g/mol. The highest BCUT2D eigenvalue weighted by Crippen LogP contribution is 2.15. The normalized spacial score (nSPS) is 10.6. The van der Waals surface area contributed by atoms with Gasteiger partial charge in [-0.15, -0.1) is 0 Å². The van der Waals surface area contributed by atoms with Crippen LogP contribution < -0.4 is 10.7 Å². The molecule has 24 heavy (non-hydrogen) atoms. The smallest absolute Gasteiger partial charge is 0.259 e. The summed E-state index contributed by atoms with van der Waals surface area (Å²) in [5, 5.41) is 15.7. The van der Waals surface area contributed by atoms with E-state index in [2.05, 4.69) is 15.8 Å². The molecule has 0 spiro atoms. The first kappa shape index (κ1) is 17.1. The zero-order chi connectivity index (χ0) is 17.5. The van der Waals surface area contributed by atoms with Crippen molar-refractivity contribution in [3.05, 3.63) is 65.0 Å². The number of nitrogens with zero attached hydrogens (tertiary/aromatic N) is 1. The van der Waals surface area contributed by atoms with Crippen molar-refractivity contribution in [2.75, 3.05) is 6.54 Å². The first-order valence-electron chi connectivity index (χ1n) is 7.11. The predicted molar refractivity (Wildman–Crippen MR) is 87.3 cm³/mol. The van der Waals surface area contributed by atoms with Crippen LogP contribution >= 0.6 is 0 Å². The van der Waals surface area contributed by atoms with Gasteiger partial charge in [-0.25, -0.2) is 9.82 Å². The molecule has 0 heterocycles. The number of hydrazone groups is 1. The highest BCUT2D eigenvalue weighted by molar-refractivity contribution is 5.96. The number of phenolic OH excluding ortho intramolecular Hbond substituents is 1. The fourth-order valence-electron chi connectivity index (χ4n) is 1.87. The van der Waals surface area contributed by atoms with Gasteiger partial charge >= 0.3 is 0 Å². The van der Waals surface area contributed by atoms with E-state index < -0.39 is 17.6 Å². The van der Waals surface area contributed by atoms with Crippen molar-refractivity contribution >= 4 is 18.0 Å². The van der Waals surface area contributed by atoms with Crippen LogP contribution in [0.25, 0.3) is 0 Å². The van der Waals surface area contributed by atoms with Gasteiger partial charge in [0, 0.05) is 11.1 Å². The van der Waals surface area contributed by atoms with Crippen molar-refractivity contribution in [1.82, 2.24) is 10.7 Å². The maximum atomic E-state index is 13.0. The molecule has 0 saturated heterocycles. The van der Waals surface area contributed by atoms with Gasteiger partial charge in [0.25, 0.3) is 11.8 Å². The van der Waals surface area contributed by atoms with Crippen molar-refractivity contribution in [3.63, 3.8) is 0 Å². The first-order valence-corrected chi connectivity index (χ1v) is 7.11. The molecule has 0 unspecified atom stereocenters. The number of phenols is 1. The number of aryl methyl sites for hydroxylation is 1. The molecular formula is C17H16FN3O3. The third kappa shape index (κ3) is 4.91. The van der Waals surface area contributed by atoms with Crippen LogP contribution in [0.5, 0.6) is 5.75 Å². The minimum absolute atomic E-state index is 0.0485. The zero-order valence-electron chi connectivity index (χ0n) is 12.9. The van der Waals surface area contributed by atoms with Crippen molar-refractivity contribution in [3.8, 4) is 5.75 Å². The van der Waals surface area contributed by atoms with Crippen LogP contribution in [0.1, 0.15) is 21.5 Å². The minimum Gasteiger partial charge on any atom is -0.507 e. The SMILES string of the molecule is Cc1ccc(/C=N/NC(=O)CNC(=O)c2cccc(F)c2)c(O)c1. The molecule has 2 rings (SSSR count). The molecule has 0 aromatic heterocycles. The number of nitrogens with one attached hydrogen (secondary N) is 2. The van der Waals surface area contributed by atoms with E-state index >= 15 is 0 Å². The van der Waals surface area contributed by atoms with Crippen molar-refractivity contribution in [1.29, 1.82) is 0 Å². The van der Waals surface area contributed by atoms with Crippen molar-refractivity contribution in [2.24, 2.45) is 5.10 Å². The number of rotatable bonds is 5. The Bertz CT molecular complexity index is 790. The number of carbonyl (C=O) groups excluding carboxylic acids is 2. The van der Waals surface area contributed by atoms with Gasteiger partial charge in [-0.1, -0.05) is 12.1 Å². The van der Waals surface area contributed by atoms with Gasteiger partial charge in [-0.3, -0.25) is 9.59 Å². The predicted octanol–water partition coefficient (Wildman–Crippen LogP) is 1.72. The number of amides is 2. The number of hydrogen-bond acceptors (Lipinski definition) is 4. The first-order chi connectivity index (χ1) is 11.5. The molecule has 0 atom stereocenters. The highest BCUT2D eigenvalue weighted by Gasteiger charge is 2.08. The quantitative estimate of drug-likeness (QED) is 0.576. The second-order valence-corrected chi connectivity index (χ2v) is 5.05. The van der Waals surface area contributed by atoms with E-state index in [1.54, 1.807) is 18.2 Å². The lowest BCUT2D eigenvalue weighted by atomic mass is 10.1. The fourth-order valence-corrected chi connectivity index (χ4v) is 1.87. The van der Waals surface area contributed by atoms with E-state index in [1.807, 2.05) is 6.92 Å². The lowest BCUT2D eigenvalue weighted by Crippen LogP contribution is -2.34. The maximum Gasteiger partial charge on any atom is 0.259 e. The summed E-state index contributed by atoms with van der Waals surface area (Å²) in [5.74, 6) is -1.60. The van der Waals surface area contributed by atoms with Crippen LogP contribution in [0.2, 0.25) is 0 Å². The van der Waals surface area contributed by atoms with Gasteiger partial charge in [0.15, 0.2) is 0 Å². The average Bonchev–Trinajstić information content (AvgIpc) is 2.54. The lowest BCUT2D eigenvalue weighted by Gasteiger charge is -2.04. The van der Waals surface area contributed by atoms with Crippen LogP contribution in [0.3, 0.4) is 0 Å². The van der Waals surface area contributed by atoms with Gasteiger partial charge < -0.3 is 10.4 Å². The Morgan fingerprint density at radius 3 is 2.75 bits per heavy atom. The Kier molecular flexibility index (Phi) is 5.62. The van der Waals surface area contributed by atoms with Crippen LogP contribution in [0, 0.1) is 12.7 Å². The van der Waals surface area contributed by atoms with E-state index in [4.69, 9.17) is 0 Å². The van der Waals surface area contributed by atoms with Gasteiger partial charge in [0.2, 0.25) is 0 Å². The van der Waals surface area contributed by atoms with Gasteiger partial charge in [0.1, 0.15) is 11.6 Å². The second kappa shape index (κ2) is 7.87. The Hall–Kier alpha value is -3.22. The molecule has 6 nitrogen and oxygen atoms in total. The summed E-state index contributed by atoms with van der Waals surface area (Å²) in [5.41, 5.74) is 3.69. The molecule has 0 aliphatic heterocycles. The molecule has 0 aliphatic carbocycles. The third-order valence-corrected chi connectivity index (χ3v) is 3.08. The Balaban J connectivity index is 1.83. The summed E-state index contributed by atoms with van der Waals surface area (Å²) in [4.78, 5) is 23.3. The van der Waals surface area contributed by atoms with E-state index in [-0.39, 0.29) is 17.9 Å². The molecule has 7 heteroatoms. The van der Waals surface area contributed by atoms with Crippen molar-refractivity contribution in [2.45, 2.75) is 6.92 Å². The molecule has 0 radical (unpaired) electrons. The van der Waals surface area contributed by atoms with Gasteiger partial charge in [-0.05, 0) is 42.8 Å². The van der Waals surface area contributed by atoms with Gasteiger partial charge in [0.05, 0.1) is 12.8 Å². The largest absolute Gasteiger partial charge is 0.507 e. The number of aromatic hydroxyl groups is 1. The van der Waals surface area contributed by atoms with E-state index in [0.29, 0.717) is 5.56 Å². The topological polar surface area (TPSA) is 90.8 Å². The molecule has 2 aromatic carbocycles. The molecule has 2 aromatic rings. The number of benzene rings is 2. The second-order valence-electron chi connectivity index (χ2n) is 5.05. The lowest BCUT2D eigenvalue weighted by molar-refractivity contribution is -0.120. The molecule has 0 aliphatic rings. The van der Waals surface area contributed by atoms with Gasteiger partial charge in [-0.2, -0.15) is 5.10 Å². The van der Waals surface area contributed by atoms with Crippen LogP contribution in [0.4, 0.5) is 4.39 Å². The Morgan fingerprint density at radius 1 is 1.25 bits per heavy atom. The fraction of sp³-hybridized carbons (Fsp3) is 0.118. The monoisotopic (exact) mass is 329 g/mol. The summed E-state index contributed by atoms with van der Waals surface area (Å²) in [6.45, 7) is 1.52. The van der Waals surface area contributed by atoms with E-state index in [0.717, 1.165) is 11.6 Å². The molecule has 3 N–H and O–H groups in total. The summed E-state index contributed by atoms with van der Waals surface area (Å²) in [6, 6.07) is 10.2. The third-order valence-electron chi connectivity index (χ3n) is 3.08. The summed E-state index contributed by atoms with van der Waals surface area (Å²) >= 11 is 0. The molecule has 2 amide bonds. The summed E-state index contributed by atoms with van der Waals surface area (Å²) in [6.07, 6.45) is 1.29. The number of carbonyl (C=O) groups is 2. The Morgan fingerprint density at radius 2 is 2.04 bits per heavy atom. The maximum absolute atomic E-state index is 13.0. The molecule has 0 fully saturated rings. The van der Waals surface area contributed by atoms with Crippen molar-refractivity contribution < 1.29 is 19.1 Å². The van der Waals surface area contributed by atoms with E-state index in [9.17, 15) is 19.1 Å². The highest BCUT2D eigenvalue weighted by atomic mass is 19.1. The standard InChI is InChI=1S/C17H16FN3O3/c1-11-5-6-13(15(22)7-11)9-20-21-16(23)10-19-17(24)12-3-2-4-14(18)8-12/h2-9,22H,10H2,1H3,(H,19,24)(H,21,23)/b20-9+. The van der Waals surface area contributed by atoms with Crippen LogP contribution in [-0.4, -0.2) is 29.7 Å². The summed E-state index contributed by atoms with van der Waals surface area (Å²) < 4.78 is 13.0. The van der Waals surface area contributed by atoms with E-state index in [1.165, 1.54) is 24.4 Å². The number of halogens is 1. The average molecular weight is 329 g/mol. The number of hydrogen-bond donors (Lipinski definition) is 3. The molecule has 124 valence electrons. The molecule has 0 saturated carbocycles. The minimum atomic E-state index is -0.565.